The zero-order chi connectivity index (χ0) is 14.9. The fraction of sp³-hybridized carbons (Fsp3) is 0.250. The zero-order valence-corrected chi connectivity index (χ0v) is 12.3. The number of hydrogen-bond acceptors (Lipinski definition) is 4. The molecule has 4 nitrogen and oxygen atoms in total. The highest BCUT2D eigenvalue weighted by Gasteiger charge is 2.10. The Labute approximate surface area is 127 Å². The minimum absolute atomic E-state index is 0.00936. The lowest BCUT2D eigenvalue weighted by Gasteiger charge is -2.05. The number of carbonyl (C=O) groups excluding carboxylic acids is 1. The summed E-state index contributed by atoms with van der Waals surface area (Å²) in [7, 11) is 0. The first-order valence-corrected chi connectivity index (χ1v) is 7.59. The summed E-state index contributed by atoms with van der Waals surface area (Å²) in [5.41, 5.74) is 2.12. The van der Waals surface area contributed by atoms with E-state index in [1.165, 1.54) is 5.56 Å². The summed E-state index contributed by atoms with van der Waals surface area (Å²) in [6.07, 6.45) is 2.76. The third-order valence-corrected chi connectivity index (χ3v) is 3.49. The van der Waals surface area contributed by atoms with Gasteiger partial charge in [-0.3, -0.25) is 4.79 Å². The molecule has 0 spiro atoms. The van der Waals surface area contributed by atoms with E-state index in [9.17, 15) is 4.79 Å². The van der Waals surface area contributed by atoms with E-state index < -0.39 is 0 Å². The Morgan fingerprint density at radius 1 is 1.43 bits per heavy atom. The van der Waals surface area contributed by atoms with Crippen molar-refractivity contribution in [3.05, 3.63) is 52.0 Å². The van der Waals surface area contributed by atoms with Crippen molar-refractivity contribution in [3.8, 4) is 11.8 Å². The second-order valence-corrected chi connectivity index (χ2v) is 5.09. The van der Waals surface area contributed by atoms with Gasteiger partial charge in [-0.05, 0) is 40.9 Å². The molecule has 21 heavy (non-hydrogen) atoms. The van der Waals surface area contributed by atoms with Gasteiger partial charge in [0, 0.05) is 19.2 Å². The molecule has 0 aromatic carbocycles. The van der Waals surface area contributed by atoms with Crippen LogP contribution in [0.2, 0.25) is 0 Å². The number of carbonyl (C=O) groups is 1. The van der Waals surface area contributed by atoms with Crippen molar-refractivity contribution in [2.24, 2.45) is 0 Å². The highest BCUT2D eigenvalue weighted by atomic mass is 32.1. The molecule has 0 saturated heterocycles. The Hall–Kier alpha value is -2.16. The van der Waals surface area contributed by atoms with Crippen LogP contribution in [-0.2, 0) is 6.42 Å². The van der Waals surface area contributed by atoms with Crippen molar-refractivity contribution >= 4 is 17.2 Å². The van der Waals surface area contributed by atoms with Gasteiger partial charge in [0.15, 0.2) is 0 Å². The molecular formula is C16H16N2O2S. The SMILES string of the molecule is O=C(NCCc1ccsc1)c1ncccc1C#CCCO. The number of nitrogens with one attached hydrogen (secondary N) is 1. The highest BCUT2D eigenvalue weighted by molar-refractivity contribution is 7.07. The first kappa shape index (κ1) is 15.2. The molecule has 0 fully saturated rings. The first-order valence-electron chi connectivity index (χ1n) is 6.65. The van der Waals surface area contributed by atoms with Gasteiger partial charge in [0.1, 0.15) is 5.69 Å². The summed E-state index contributed by atoms with van der Waals surface area (Å²) in [5.74, 6) is 5.45. The summed E-state index contributed by atoms with van der Waals surface area (Å²) < 4.78 is 0. The number of aromatic nitrogens is 1. The zero-order valence-electron chi connectivity index (χ0n) is 11.5. The van der Waals surface area contributed by atoms with Crippen LogP contribution in [0.25, 0.3) is 0 Å². The molecule has 0 aliphatic heterocycles. The minimum atomic E-state index is -0.223. The largest absolute Gasteiger partial charge is 0.395 e. The van der Waals surface area contributed by atoms with Crippen LogP contribution in [0, 0.1) is 11.8 Å². The molecule has 0 saturated carbocycles. The summed E-state index contributed by atoms with van der Waals surface area (Å²) in [6.45, 7) is 0.574. The summed E-state index contributed by atoms with van der Waals surface area (Å²) in [4.78, 5) is 16.2. The fourth-order valence-electron chi connectivity index (χ4n) is 1.74. The van der Waals surface area contributed by atoms with E-state index >= 15 is 0 Å². The summed E-state index contributed by atoms with van der Waals surface area (Å²) in [5, 5.41) is 15.7. The number of thiophene rings is 1. The molecule has 0 atom stereocenters. The fourth-order valence-corrected chi connectivity index (χ4v) is 2.44. The van der Waals surface area contributed by atoms with Gasteiger partial charge in [-0.25, -0.2) is 4.98 Å². The number of nitrogens with zero attached hydrogens (tertiary/aromatic N) is 1. The molecule has 2 heterocycles. The van der Waals surface area contributed by atoms with E-state index in [0.717, 1.165) is 6.42 Å². The lowest BCUT2D eigenvalue weighted by atomic mass is 10.1. The molecule has 0 bridgehead atoms. The molecule has 2 rings (SSSR count). The van der Waals surface area contributed by atoms with Gasteiger partial charge >= 0.3 is 0 Å². The third-order valence-electron chi connectivity index (χ3n) is 2.76. The van der Waals surface area contributed by atoms with Crippen molar-refractivity contribution in [1.82, 2.24) is 10.3 Å². The predicted molar refractivity (Wildman–Crippen MR) is 83.2 cm³/mol. The van der Waals surface area contributed by atoms with E-state index in [0.29, 0.717) is 24.2 Å². The van der Waals surface area contributed by atoms with Crippen molar-refractivity contribution < 1.29 is 9.90 Å². The average Bonchev–Trinajstić information content (AvgIpc) is 3.01. The minimum Gasteiger partial charge on any atom is -0.395 e. The van der Waals surface area contributed by atoms with Crippen LogP contribution < -0.4 is 5.32 Å². The molecule has 0 aliphatic rings. The molecule has 0 unspecified atom stereocenters. The van der Waals surface area contributed by atoms with Crippen LogP contribution in [-0.4, -0.2) is 29.1 Å². The summed E-state index contributed by atoms with van der Waals surface area (Å²) in [6, 6.07) is 5.54. The van der Waals surface area contributed by atoms with Gasteiger partial charge in [0.05, 0.1) is 12.2 Å². The van der Waals surface area contributed by atoms with Gasteiger partial charge in [-0.2, -0.15) is 11.3 Å². The smallest absolute Gasteiger partial charge is 0.271 e. The van der Waals surface area contributed by atoms with Gasteiger partial charge in [0.2, 0.25) is 0 Å². The molecule has 2 N–H and O–H groups in total. The number of aliphatic hydroxyl groups excluding tert-OH is 1. The Kier molecular flexibility index (Phi) is 5.95. The van der Waals surface area contributed by atoms with E-state index in [4.69, 9.17) is 5.11 Å². The second kappa shape index (κ2) is 8.20. The van der Waals surface area contributed by atoms with Crippen LogP contribution in [0.1, 0.15) is 28.0 Å². The Morgan fingerprint density at radius 2 is 2.33 bits per heavy atom. The maximum atomic E-state index is 12.1. The van der Waals surface area contributed by atoms with Gasteiger partial charge in [-0.15, -0.1) is 0 Å². The van der Waals surface area contributed by atoms with Crippen molar-refractivity contribution in [3.63, 3.8) is 0 Å². The Morgan fingerprint density at radius 3 is 3.10 bits per heavy atom. The van der Waals surface area contributed by atoms with E-state index in [1.54, 1.807) is 29.7 Å². The molecular weight excluding hydrogens is 284 g/mol. The molecule has 2 aromatic heterocycles. The molecule has 0 radical (unpaired) electrons. The van der Waals surface area contributed by atoms with Gasteiger partial charge in [0.25, 0.3) is 5.91 Å². The second-order valence-electron chi connectivity index (χ2n) is 4.31. The lowest BCUT2D eigenvalue weighted by Crippen LogP contribution is -2.27. The molecule has 0 aliphatic carbocycles. The molecule has 2 aromatic rings. The van der Waals surface area contributed by atoms with Crippen LogP contribution >= 0.6 is 11.3 Å². The quantitative estimate of drug-likeness (QED) is 0.828. The Balaban J connectivity index is 1.97. The van der Waals surface area contributed by atoms with E-state index in [-0.39, 0.29) is 12.5 Å². The maximum absolute atomic E-state index is 12.1. The topological polar surface area (TPSA) is 62.2 Å². The standard InChI is InChI=1S/C16H16N2O2S/c19-10-2-1-4-14-5-3-8-17-15(14)16(20)18-9-6-13-7-11-21-12-13/h3,5,7-8,11-12,19H,2,6,9-10H2,(H,18,20). The van der Waals surface area contributed by atoms with Crippen LogP contribution in [0.5, 0.6) is 0 Å². The van der Waals surface area contributed by atoms with Crippen LogP contribution in [0.3, 0.4) is 0 Å². The van der Waals surface area contributed by atoms with E-state index in [2.05, 4.69) is 27.5 Å². The monoisotopic (exact) mass is 300 g/mol. The highest BCUT2D eigenvalue weighted by Crippen LogP contribution is 2.07. The molecule has 108 valence electrons. The average molecular weight is 300 g/mol. The van der Waals surface area contributed by atoms with Crippen LogP contribution in [0.15, 0.2) is 35.2 Å². The van der Waals surface area contributed by atoms with Gasteiger partial charge < -0.3 is 10.4 Å². The number of aliphatic hydroxyl groups is 1. The molecule has 5 heteroatoms. The number of amides is 1. The maximum Gasteiger partial charge on any atom is 0.271 e. The normalized spacial score (nSPS) is 9.76. The first-order chi connectivity index (χ1) is 10.3. The third kappa shape index (κ3) is 4.71. The number of hydrogen-bond donors (Lipinski definition) is 2. The number of pyridine rings is 1. The van der Waals surface area contributed by atoms with Crippen molar-refractivity contribution in [2.75, 3.05) is 13.2 Å². The predicted octanol–water partition coefficient (Wildman–Crippen LogP) is 1.85. The van der Waals surface area contributed by atoms with E-state index in [1.807, 2.05) is 11.4 Å². The lowest BCUT2D eigenvalue weighted by molar-refractivity contribution is 0.0949. The summed E-state index contributed by atoms with van der Waals surface area (Å²) >= 11 is 1.64. The Bertz CT molecular complexity index is 642. The van der Waals surface area contributed by atoms with Crippen LogP contribution in [0.4, 0.5) is 0 Å². The van der Waals surface area contributed by atoms with Gasteiger partial charge in [-0.1, -0.05) is 11.8 Å². The molecule has 1 amide bonds. The number of rotatable bonds is 5. The van der Waals surface area contributed by atoms with Crippen molar-refractivity contribution in [2.45, 2.75) is 12.8 Å². The van der Waals surface area contributed by atoms with Crippen molar-refractivity contribution in [1.29, 1.82) is 0 Å².